The molecule has 0 bridgehead atoms. The van der Waals surface area contributed by atoms with Gasteiger partial charge in [-0.15, -0.1) is 0 Å². The first-order chi connectivity index (χ1) is 20.7. The van der Waals surface area contributed by atoms with Crippen LogP contribution in [0.3, 0.4) is 0 Å². The minimum Gasteiger partial charge on any atom is -0.368 e. The molecule has 2 N–H and O–H groups in total. The molecule has 44 heavy (non-hydrogen) atoms. The number of nitrogens with zero attached hydrogens (tertiary/aromatic N) is 3. The zero-order valence-corrected chi connectivity index (χ0v) is 27.0. The fraction of sp³-hybridized carbons (Fsp3) is 0.344. The van der Waals surface area contributed by atoms with Crippen LogP contribution in [0.2, 0.25) is 15.1 Å². The molecule has 1 aromatic heterocycles. The number of amides is 2. The van der Waals surface area contributed by atoms with Crippen LogP contribution in [-0.2, 0) is 24.8 Å². The SMILES string of the molecule is Cn1c(Cc2c(Cl)ccc(CNC(=O)C(C)(C)C)c2Cl)nc2cc(C(=O)Nc3ccc(F)c(Cl)c3)c(N3CC[C@@H](F)C3)cc21. The molecule has 0 aliphatic carbocycles. The highest BCUT2D eigenvalue weighted by Crippen LogP contribution is 2.34. The molecule has 12 heteroatoms. The molecule has 2 amide bonds. The molecular weight excluding hydrogens is 631 g/mol. The first-order valence-corrected chi connectivity index (χ1v) is 15.2. The van der Waals surface area contributed by atoms with Crippen LogP contribution < -0.4 is 15.5 Å². The molecule has 1 atom stereocenters. The summed E-state index contributed by atoms with van der Waals surface area (Å²) < 4.78 is 29.9. The van der Waals surface area contributed by atoms with Gasteiger partial charge in [0.1, 0.15) is 17.8 Å². The maximum Gasteiger partial charge on any atom is 0.257 e. The second kappa shape index (κ2) is 12.5. The van der Waals surface area contributed by atoms with Crippen molar-refractivity contribution in [3.05, 3.63) is 85.9 Å². The van der Waals surface area contributed by atoms with E-state index in [0.717, 1.165) is 11.1 Å². The van der Waals surface area contributed by atoms with Crippen molar-refractivity contribution in [2.24, 2.45) is 12.5 Å². The van der Waals surface area contributed by atoms with Crippen molar-refractivity contribution >= 4 is 69.0 Å². The quantitative estimate of drug-likeness (QED) is 0.212. The van der Waals surface area contributed by atoms with E-state index in [4.69, 9.17) is 39.8 Å². The van der Waals surface area contributed by atoms with E-state index in [1.165, 1.54) is 18.2 Å². The van der Waals surface area contributed by atoms with Gasteiger partial charge in [0.25, 0.3) is 5.91 Å². The number of anilines is 2. The summed E-state index contributed by atoms with van der Waals surface area (Å²) in [5.74, 6) is -0.525. The van der Waals surface area contributed by atoms with Crippen LogP contribution >= 0.6 is 34.8 Å². The van der Waals surface area contributed by atoms with Gasteiger partial charge in [-0.3, -0.25) is 9.59 Å². The molecule has 3 aromatic carbocycles. The number of aromatic nitrogens is 2. The molecule has 0 unspecified atom stereocenters. The summed E-state index contributed by atoms with van der Waals surface area (Å²) in [7, 11) is 1.85. The molecule has 0 spiro atoms. The van der Waals surface area contributed by atoms with Gasteiger partial charge in [0.2, 0.25) is 5.91 Å². The standard InChI is InChI=1S/C32H32Cl3F2N5O2/c1-32(2,3)31(44)38-15-17-5-7-22(33)20(29(17)35)13-28-40-25-12-21(30(43)39-19-6-8-24(37)23(34)11-19)26(14-27(25)41(28)4)42-10-9-18(36)16-42/h5-8,11-12,14,18H,9-10,13,15-16H2,1-4H3,(H,38,44)(H,39,43)/t18-/m1/s1. The molecule has 1 aliphatic rings. The average molecular weight is 663 g/mol. The van der Waals surface area contributed by atoms with E-state index < -0.39 is 23.3 Å². The number of carbonyl (C=O) groups excluding carboxylic acids is 2. The summed E-state index contributed by atoms with van der Waals surface area (Å²) in [5.41, 5.74) is 3.29. The van der Waals surface area contributed by atoms with E-state index in [2.05, 4.69) is 10.6 Å². The number of rotatable bonds is 7. The number of hydrogen-bond donors (Lipinski definition) is 2. The van der Waals surface area contributed by atoms with Gasteiger partial charge >= 0.3 is 0 Å². The second-order valence-electron chi connectivity index (χ2n) is 12.0. The molecule has 2 heterocycles. The van der Waals surface area contributed by atoms with Gasteiger partial charge in [0.05, 0.1) is 32.3 Å². The highest BCUT2D eigenvalue weighted by molar-refractivity contribution is 6.36. The molecule has 5 rings (SSSR count). The van der Waals surface area contributed by atoms with Crippen molar-refractivity contribution in [1.82, 2.24) is 14.9 Å². The molecular formula is C32H32Cl3F2N5O2. The summed E-state index contributed by atoms with van der Waals surface area (Å²) in [5, 5.41) is 6.45. The Balaban J connectivity index is 1.50. The van der Waals surface area contributed by atoms with Crippen LogP contribution in [0.15, 0.2) is 42.5 Å². The number of imidazole rings is 1. The Labute approximate surface area is 269 Å². The van der Waals surface area contributed by atoms with Crippen LogP contribution in [0.4, 0.5) is 20.2 Å². The van der Waals surface area contributed by atoms with Crippen LogP contribution in [-0.4, -0.2) is 40.6 Å². The molecule has 0 radical (unpaired) electrons. The Bertz CT molecular complexity index is 1770. The largest absolute Gasteiger partial charge is 0.368 e. The van der Waals surface area contributed by atoms with E-state index >= 15 is 0 Å². The zero-order valence-electron chi connectivity index (χ0n) is 24.7. The first kappa shape index (κ1) is 32.0. The van der Waals surface area contributed by atoms with Gasteiger partial charge in [-0.05, 0) is 53.9 Å². The van der Waals surface area contributed by atoms with Crippen molar-refractivity contribution in [3.8, 4) is 0 Å². The maximum absolute atomic E-state index is 14.3. The van der Waals surface area contributed by atoms with E-state index in [-0.39, 0.29) is 30.4 Å². The molecule has 4 aromatic rings. The van der Waals surface area contributed by atoms with E-state index in [0.29, 0.717) is 56.9 Å². The van der Waals surface area contributed by atoms with Gasteiger partial charge in [-0.2, -0.15) is 0 Å². The predicted octanol–water partition coefficient (Wildman–Crippen LogP) is 7.73. The number of benzene rings is 3. The first-order valence-electron chi connectivity index (χ1n) is 14.1. The Morgan fingerprint density at radius 3 is 2.48 bits per heavy atom. The smallest absolute Gasteiger partial charge is 0.257 e. The van der Waals surface area contributed by atoms with Gasteiger partial charge in [-0.1, -0.05) is 61.6 Å². The number of nitrogens with one attached hydrogen (secondary N) is 2. The molecule has 232 valence electrons. The number of hydrogen-bond acceptors (Lipinski definition) is 4. The Kier molecular flexibility index (Phi) is 9.12. The lowest BCUT2D eigenvalue weighted by molar-refractivity contribution is -0.128. The van der Waals surface area contributed by atoms with Crippen molar-refractivity contribution in [1.29, 1.82) is 0 Å². The Morgan fingerprint density at radius 2 is 1.82 bits per heavy atom. The second-order valence-corrected chi connectivity index (χ2v) is 13.2. The Hall–Kier alpha value is -3.40. The Morgan fingerprint density at radius 1 is 1.07 bits per heavy atom. The molecule has 0 saturated carbocycles. The highest BCUT2D eigenvalue weighted by Gasteiger charge is 2.28. The summed E-state index contributed by atoms with van der Waals surface area (Å²) in [6.07, 6.45) is -0.373. The lowest BCUT2D eigenvalue weighted by atomic mass is 9.95. The van der Waals surface area contributed by atoms with Gasteiger partial charge in [0, 0.05) is 49.2 Å². The highest BCUT2D eigenvalue weighted by atomic mass is 35.5. The molecule has 7 nitrogen and oxygen atoms in total. The zero-order chi connectivity index (χ0) is 31.9. The number of fused-ring (bicyclic) bond motifs is 1. The third-order valence-corrected chi connectivity index (χ3v) is 8.82. The van der Waals surface area contributed by atoms with Crippen LogP contribution in [0.5, 0.6) is 0 Å². The van der Waals surface area contributed by atoms with Gasteiger partial charge in [0.15, 0.2) is 0 Å². The van der Waals surface area contributed by atoms with Crippen LogP contribution in [0, 0.1) is 11.2 Å². The minimum atomic E-state index is -1.01. The fourth-order valence-corrected chi connectivity index (χ4v) is 5.88. The maximum atomic E-state index is 14.3. The lowest BCUT2D eigenvalue weighted by Gasteiger charge is -2.21. The van der Waals surface area contributed by atoms with Crippen molar-refractivity contribution < 1.29 is 18.4 Å². The van der Waals surface area contributed by atoms with Crippen molar-refractivity contribution in [2.45, 2.75) is 46.3 Å². The summed E-state index contributed by atoms with van der Waals surface area (Å²) in [4.78, 5) is 32.6. The average Bonchev–Trinajstić information content (AvgIpc) is 3.53. The topological polar surface area (TPSA) is 79.3 Å². The van der Waals surface area contributed by atoms with E-state index in [1.54, 1.807) is 18.2 Å². The summed E-state index contributed by atoms with van der Waals surface area (Å²) in [6, 6.07) is 10.9. The predicted molar refractivity (Wildman–Crippen MR) is 172 cm³/mol. The molecule has 1 aliphatic heterocycles. The third kappa shape index (κ3) is 6.65. The van der Waals surface area contributed by atoms with Gasteiger partial charge in [-0.25, -0.2) is 13.8 Å². The molecule has 1 saturated heterocycles. The van der Waals surface area contributed by atoms with Gasteiger partial charge < -0.3 is 20.1 Å². The summed E-state index contributed by atoms with van der Waals surface area (Å²) in [6.45, 7) is 6.35. The van der Waals surface area contributed by atoms with E-state index in [1.807, 2.05) is 43.4 Å². The van der Waals surface area contributed by atoms with Crippen molar-refractivity contribution in [3.63, 3.8) is 0 Å². The monoisotopic (exact) mass is 661 g/mol. The number of alkyl halides is 1. The number of carbonyl (C=O) groups is 2. The molecule has 1 fully saturated rings. The lowest BCUT2D eigenvalue weighted by Crippen LogP contribution is -2.34. The number of halogens is 5. The van der Waals surface area contributed by atoms with Crippen LogP contribution in [0.25, 0.3) is 11.0 Å². The van der Waals surface area contributed by atoms with Crippen LogP contribution in [0.1, 0.15) is 54.5 Å². The van der Waals surface area contributed by atoms with Crippen molar-refractivity contribution in [2.75, 3.05) is 23.3 Å². The normalized spacial score (nSPS) is 15.2. The van der Waals surface area contributed by atoms with E-state index in [9.17, 15) is 18.4 Å². The minimum absolute atomic E-state index is 0.101. The number of aryl methyl sites for hydroxylation is 1. The fourth-order valence-electron chi connectivity index (χ4n) is 5.13. The third-order valence-electron chi connectivity index (χ3n) is 7.71. The summed E-state index contributed by atoms with van der Waals surface area (Å²) >= 11 is 19.3.